The van der Waals surface area contributed by atoms with Crippen molar-refractivity contribution >= 4 is 0 Å². The molecule has 0 bridgehead atoms. The Morgan fingerprint density at radius 2 is 0.879 bits per heavy atom. The lowest BCUT2D eigenvalue weighted by Gasteiger charge is -2.24. The quantitative estimate of drug-likeness (QED) is 0.237. The zero-order chi connectivity index (χ0) is 22.5. The minimum atomic E-state index is 1.24. The van der Waals surface area contributed by atoms with Gasteiger partial charge in [-0.1, -0.05) is 72.8 Å². The molecule has 1 aliphatic carbocycles. The fraction of sp³-hybridized carbons (Fsp3) is 0.0938. The highest BCUT2D eigenvalue weighted by molar-refractivity contribution is 6.03. The van der Waals surface area contributed by atoms with E-state index in [1.807, 2.05) is 0 Å². The van der Waals surface area contributed by atoms with Crippen LogP contribution in [0.4, 0.5) is 0 Å². The molecule has 1 heteroatoms. The number of nitrogens with zero attached hydrogens (tertiary/aromatic N) is 1. The summed E-state index contributed by atoms with van der Waals surface area (Å²) in [5.41, 5.74) is 15.4. The normalized spacial score (nSPS) is 11.5. The van der Waals surface area contributed by atoms with Gasteiger partial charge in [0.2, 0.25) is 5.69 Å². The summed E-state index contributed by atoms with van der Waals surface area (Å²) in [6.07, 6.45) is 2.15. The zero-order valence-corrected chi connectivity index (χ0v) is 19.3. The molecule has 4 aromatic carbocycles. The molecule has 1 heterocycles. The first kappa shape index (κ1) is 19.7. The van der Waals surface area contributed by atoms with Crippen molar-refractivity contribution in [1.82, 2.24) is 0 Å². The molecular formula is C32H26N+. The summed E-state index contributed by atoms with van der Waals surface area (Å²) in [4.78, 5) is 0. The summed E-state index contributed by atoms with van der Waals surface area (Å²) in [5.74, 6) is 0. The molecule has 1 nitrogen and oxygen atoms in total. The Morgan fingerprint density at radius 1 is 0.455 bits per heavy atom. The second-order valence-electron chi connectivity index (χ2n) is 9.05. The molecule has 1 aromatic heterocycles. The maximum Gasteiger partial charge on any atom is 0.212 e. The van der Waals surface area contributed by atoms with Gasteiger partial charge in [0.1, 0.15) is 7.05 Å². The second kappa shape index (κ2) is 7.56. The maximum absolute atomic E-state index is 2.41. The molecule has 0 amide bonds. The van der Waals surface area contributed by atoms with Gasteiger partial charge in [-0.3, -0.25) is 0 Å². The Kier molecular flexibility index (Phi) is 4.52. The first-order valence-electron chi connectivity index (χ1n) is 11.5. The maximum atomic E-state index is 2.41. The van der Waals surface area contributed by atoms with Crippen LogP contribution in [0.25, 0.3) is 55.8 Å². The lowest BCUT2D eigenvalue weighted by Crippen LogP contribution is -2.30. The third-order valence-electron chi connectivity index (χ3n) is 6.89. The number of benzene rings is 4. The van der Waals surface area contributed by atoms with Crippen molar-refractivity contribution in [1.29, 1.82) is 0 Å². The van der Waals surface area contributed by atoms with Crippen molar-refractivity contribution in [3.63, 3.8) is 0 Å². The predicted octanol–water partition coefficient (Wildman–Crippen LogP) is 7.78. The minimum absolute atomic E-state index is 1.24. The van der Waals surface area contributed by atoms with E-state index < -0.39 is 0 Å². The third kappa shape index (κ3) is 3.12. The van der Waals surface area contributed by atoms with Gasteiger partial charge in [-0.05, 0) is 81.6 Å². The molecule has 0 atom stereocenters. The molecule has 0 saturated heterocycles. The molecular weight excluding hydrogens is 398 g/mol. The summed E-state index contributed by atoms with van der Waals surface area (Å²) < 4.78 is 2.22. The van der Waals surface area contributed by atoms with Crippen molar-refractivity contribution in [2.75, 3.05) is 0 Å². The Labute approximate surface area is 195 Å². The lowest BCUT2D eigenvalue weighted by molar-refractivity contribution is -0.660. The fourth-order valence-electron chi connectivity index (χ4n) is 5.23. The van der Waals surface area contributed by atoms with Crippen LogP contribution in [0, 0.1) is 13.8 Å². The highest BCUT2D eigenvalue weighted by Gasteiger charge is 2.24. The minimum Gasteiger partial charge on any atom is -0.201 e. The molecule has 1 aliphatic rings. The molecule has 5 aromatic rings. The second-order valence-corrected chi connectivity index (χ2v) is 9.05. The van der Waals surface area contributed by atoms with Crippen LogP contribution in [0.3, 0.4) is 0 Å². The predicted molar refractivity (Wildman–Crippen MR) is 138 cm³/mol. The van der Waals surface area contributed by atoms with Gasteiger partial charge in [0.25, 0.3) is 0 Å². The van der Waals surface area contributed by atoms with E-state index in [1.54, 1.807) is 0 Å². The van der Waals surface area contributed by atoms with Gasteiger partial charge >= 0.3 is 0 Å². The van der Waals surface area contributed by atoms with Gasteiger partial charge in [-0.25, -0.2) is 4.57 Å². The van der Waals surface area contributed by atoms with E-state index in [0.29, 0.717) is 0 Å². The Balaban J connectivity index is 1.75. The molecule has 33 heavy (non-hydrogen) atoms. The van der Waals surface area contributed by atoms with Gasteiger partial charge in [0.15, 0.2) is 6.20 Å². The number of aromatic nitrogens is 1. The van der Waals surface area contributed by atoms with Gasteiger partial charge in [0.05, 0.1) is 0 Å². The van der Waals surface area contributed by atoms with Crippen LogP contribution in [0.5, 0.6) is 0 Å². The molecule has 0 aliphatic heterocycles. The summed E-state index contributed by atoms with van der Waals surface area (Å²) in [7, 11) is 2.13. The van der Waals surface area contributed by atoms with Gasteiger partial charge in [-0.15, -0.1) is 0 Å². The van der Waals surface area contributed by atoms with E-state index in [1.165, 1.54) is 66.9 Å². The topological polar surface area (TPSA) is 3.88 Å². The average molecular weight is 425 g/mol. The van der Waals surface area contributed by atoms with Crippen LogP contribution < -0.4 is 4.57 Å². The van der Waals surface area contributed by atoms with Gasteiger partial charge < -0.3 is 0 Å². The van der Waals surface area contributed by atoms with Crippen molar-refractivity contribution in [2.24, 2.45) is 7.05 Å². The third-order valence-corrected chi connectivity index (χ3v) is 6.89. The number of fused-ring (bicyclic) bond motifs is 8. The number of hydrogen-bond acceptors (Lipinski definition) is 0. The Morgan fingerprint density at radius 3 is 1.36 bits per heavy atom. The Hall–Kier alpha value is -3.97. The largest absolute Gasteiger partial charge is 0.212 e. The first-order valence-corrected chi connectivity index (χ1v) is 11.5. The summed E-state index contributed by atoms with van der Waals surface area (Å²) in [6.45, 7) is 4.40. The molecule has 0 radical (unpaired) electrons. The molecule has 6 rings (SSSR count). The number of aryl methyl sites for hydroxylation is 3. The molecule has 0 N–H and O–H groups in total. The van der Waals surface area contributed by atoms with E-state index in [4.69, 9.17) is 0 Å². The van der Waals surface area contributed by atoms with Gasteiger partial charge in [-0.2, -0.15) is 0 Å². The van der Waals surface area contributed by atoms with Crippen molar-refractivity contribution < 1.29 is 4.57 Å². The van der Waals surface area contributed by atoms with Crippen molar-refractivity contribution in [3.05, 3.63) is 114 Å². The van der Waals surface area contributed by atoms with E-state index >= 15 is 0 Å². The van der Waals surface area contributed by atoms with Crippen LogP contribution in [0.2, 0.25) is 0 Å². The van der Waals surface area contributed by atoms with Crippen LogP contribution in [0.15, 0.2) is 103 Å². The summed E-state index contributed by atoms with van der Waals surface area (Å²) >= 11 is 0. The van der Waals surface area contributed by atoms with Crippen molar-refractivity contribution in [3.8, 4) is 55.8 Å². The average Bonchev–Trinajstić information content (AvgIpc) is 2.85. The smallest absolute Gasteiger partial charge is 0.201 e. The number of hydrogen-bond donors (Lipinski definition) is 0. The standard InChI is InChI=1S/C32H26N/c1-21-16-17-33(3)32(18-21)29-20-31-28-15-9-7-13-26(28)24-11-5-4-10-23(24)25-12-6-8-14-27(25)30(31)19-22(29)2/h4-20H,1-3H3/q+1. The van der Waals surface area contributed by atoms with Crippen LogP contribution in [-0.2, 0) is 7.05 Å². The molecule has 0 saturated carbocycles. The lowest BCUT2D eigenvalue weighted by atomic mass is 9.79. The molecule has 0 unspecified atom stereocenters. The van der Waals surface area contributed by atoms with E-state index in [2.05, 4.69) is 129 Å². The number of rotatable bonds is 1. The van der Waals surface area contributed by atoms with Crippen LogP contribution in [0.1, 0.15) is 11.1 Å². The molecule has 0 fully saturated rings. The van der Waals surface area contributed by atoms with E-state index in [0.717, 1.165) is 0 Å². The van der Waals surface area contributed by atoms with Gasteiger partial charge in [0, 0.05) is 17.7 Å². The molecule has 158 valence electrons. The van der Waals surface area contributed by atoms with Crippen molar-refractivity contribution in [2.45, 2.75) is 13.8 Å². The zero-order valence-electron chi connectivity index (χ0n) is 19.3. The summed E-state index contributed by atoms with van der Waals surface area (Å²) in [6, 6.07) is 35.7. The molecule has 0 spiro atoms. The summed E-state index contributed by atoms with van der Waals surface area (Å²) in [5, 5.41) is 0. The fourth-order valence-corrected chi connectivity index (χ4v) is 5.23. The first-order chi connectivity index (χ1) is 16.1. The SMILES string of the molecule is Cc1cc[n+](C)c(-c2cc3c(cc2C)-c2ccccc2-c2ccccc2-c2ccccc2-3)c1. The number of pyridine rings is 1. The highest BCUT2D eigenvalue weighted by atomic mass is 14.9. The van der Waals surface area contributed by atoms with Crippen LogP contribution in [-0.4, -0.2) is 0 Å². The monoisotopic (exact) mass is 424 g/mol. The Bertz CT molecular complexity index is 1540. The van der Waals surface area contributed by atoms with E-state index in [9.17, 15) is 0 Å². The highest BCUT2D eigenvalue weighted by Crippen LogP contribution is 2.48. The van der Waals surface area contributed by atoms with E-state index in [-0.39, 0.29) is 0 Å². The van der Waals surface area contributed by atoms with Crippen LogP contribution >= 0.6 is 0 Å².